The first kappa shape index (κ1) is 18.5. The molecule has 0 aromatic heterocycles. The minimum Gasteiger partial charge on any atom is -0.207 e. The highest BCUT2D eigenvalue weighted by molar-refractivity contribution is 5.65. The van der Waals surface area contributed by atoms with Gasteiger partial charge in [-0.15, -0.1) is 0 Å². The first-order valence-electron chi connectivity index (χ1n) is 9.86. The maximum Gasteiger partial charge on any atom is 0.134 e. The van der Waals surface area contributed by atoms with Crippen molar-refractivity contribution < 1.29 is 17.6 Å². The lowest BCUT2D eigenvalue weighted by Crippen LogP contribution is -2.29. The zero-order chi connectivity index (χ0) is 19.1. The zero-order valence-corrected chi connectivity index (χ0v) is 15.5. The van der Waals surface area contributed by atoms with E-state index in [0.29, 0.717) is 17.5 Å². The second-order valence-corrected chi connectivity index (χ2v) is 8.47. The molecule has 0 spiro atoms. The highest BCUT2D eigenvalue weighted by Crippen LogP contribution is 2.48. The van der Waals surface area contributed by atoms with Gasteiger partial charge in [0.1, 0.15) is 23.3 Å². The minimum absolute atomic E-state index is 0.112. The number of rotatable bonds is 2. The summed E-state index contributed by atoms with van der Waals surface area (Å²) in [6.45, 7) is 2.31. The van der Waals surface area contributed by atoms with E-state index < -0.39 is 23.3 Å². The monoisotopic (exact) mass is 376 g/mol. The van der Waals surface area contributed by atoms with E-state index in [0.717, 1.165) is 43.2 Å². The summed E-state index contributed by atoms with van der Waals surface area (Å²) >= 11 is 0. The molecular formula is C23H24F4. The van der Waals surface area contributed by atoms with E-state index in [1.807, 2.05) is 0 Å². The fourth-order valence-corrected chi connectivity index (χ4v) is 5.23. The lowest BCUT2D eigenvalue weighted by Gasteiger charge is -2.41. The summed E-state index contributed by atoms with van der Waals surface area (Å²) in [4.78, 5) is 0. The van der Waals surface area contributed by atoms with Crippen LogP contribution >= 0.6 is 0 Å². The largest absolute Gasteiger partial charge is 0.207 e. The van der Waals surface area contributed by atoms with Gasteiger partial charge in [0.25, 0.3) is 0 Å². The molecule has 4 atom stereocenters. The molecule has 2 aromatic carbocycles. The Hall–Kier alpha value is -1.84. The average Bonchev–Trinajstić information content (AvgIpc) is 2.59. The van der Waals surface area contributed by atoms with E-state index in [4.69, 9.17) is 0 Å². The fourth-order valence-electron chi connectivity index (χ4n) is 5.23. The second kappa shape index (κ2) is 7.29. The standard InChI is InChI=1S/C23H24F4/c1-13-2-3-15-7-16(5-4-14(15)6-13)17-10-21(26)23(22(27)11-17)18-8-19(24)12-20(25)9-18/h8-16H,2-7H2,1H3. The molecule has 4 heteroatoms. The van der Waals surface area contributed by atoms with Crippen molar-refractivity contribution in [3.8, 4) is 11.1 Å². The maximum atomic E-state index is 14.7. The molecule has 4 unspecified atom stereocenters. The second-order valence-electron chi connectivity index (χ2n) is 8.47. The molecule has 4 rings (SSSR count). The number of hydrogen-bond donors (Lipinski definition) is 0. The Morgan fingerprint density at radius 2 is 1.30 bits per heavy atom. The van der Waals surface area contributed by atoms with Crippen LogP contribution in [0.25, 0.3) is 11.1 Å². The SMILES string of the molecule is CC1CCC2CC(c3cc(F)c(-c4cc(F)cc(F)c4)c(F)c3)CCC2C1. The quantitative estimate of drug-likeness (QED) is 0.485. The fraction of sp³-hybridized carbons (Fsp3) is 0.478. The normalized spacial score (nSPS) is 28.0. The lowest BCUT2D eigenvalue weighted by atomic mass is 9.64. The molecule has 2 saturated carbocycles. The molecule has 2 aliphatic carbocycles. The molecule has 0 radical (unpaired) electrons. The molecule has 2 aliphatic rings. The van der Waals surface area contributed by atoms with E-state index in [-0.39, 0.29) is 17.0 Å². The molecule has 0 heterocycles. The Morgan fingerprint density at radius 1 is 0.704 bits per heavy atom. The topological polar surface area (TPSA) is 0 Å². The summed E-state index contributed by atoms with van der Waals surface area (Å²) in [5.41, 5.74) is 0.194. The summed E-state index contributed by atoms with van der Waals surface area (Å²) in [6, 6.07) is 5.32. The van der Waals surface area contributed by atoms with E-state index >= 15 is 0 Å². The zero-order valence-electron chi connectivity index (χ0n) is 15.5. The molecule has 2 aromatic rings. The summed E-state index contributed by atoms with van der Waals surface area (Å²) < 4.78 is 56.3. The van der Waals surface area contributed by atoms with Gasteiger partial charge in [-0.2, -0.15) is 0 Å². The molecular weight excluding hydrogens is 352 g/mol. The van der Waals surface area contributed by atoms with Crippen molar-refractivity contribution in [3.05, 3.63) is 59.2 Å². The van der Waals surface area contributed by atoms with Crippen molar-refractivity contribution in [2.24, 2.45) is 17.8 Å². The van der Waals surface area contributed by atoms with Crippen molar-refractivity contribution in [1.82, 2.24) is 0 Å². The molecule has 144 valence electrons. The average molecular weight is 376 g/mol. The van der Waals surface area contributed by atoms with E-state index in [2.05, 4.69) is 6.92 Å². The van der Waals surface area contributed by atoms with Crippen LogP contribution in [-0.4, -0.2) is 0 Å². The Kier molecular flexibility index (Phi) is 5.00. The van der Waals surface area contributed by atoms with Gasteiger partial charge in [0.05, 0.1) is 5.56 Å². The number of halogens is 4. The number of hydrogen-bond acceptors (Lipinski definition) is 0. The van der Waals surface area contributed by atoms with Gasteiger partial charge in [-0.3, -0.25) is 0 Å². The van der Waals surface area contributed by atoms with E-state index in [1.165, 1.54) is 31.4 Å². The Balaban J connectivity index is 1.60. The molecule has 0 bridgehead atoms. The van der Waals surface area contributed by atoms with Gasteiger partial charge >= 0.3 is 0 Å². The molecule has 0 saturated heterocycles. The number of fused-ring (bicyclic) bond motifs is 1. The van der Waals surface area contributed by atoms with Crippen LogP contribution in [-0.2, 0) is 0 Å². The predicted octanol–water partition coefficient (Wildman–Crippen LogP) is 7.23. The Bertz CT molecular complexity index is 801. The van der Waals surface area contributed by atoms with Gasteiger partial charge in [-0.1, -0.05) is 13.3 Å². The van der Waals surface area contributed by atoms with Crippen LogP contribution in [0.15, 0.2) is 30.3 Å². The summed E-state index contributed by atoms with van der Waals surface area (Å²) in [6.07, 6.45) is 6.74. The van der Waals surface area contributed by atoms with Crippen molar-refractivity contribution in [1.29, 1.82) is 0 Å². The summed E-state index contributed by atoms with van der Waals surface area (Å²) in [5.74, 6) is -0.887. The highest BCUT2D eigenvalue weighted by Gasteiger charge is 2.35. The van der Waals surface area contributed by atoms with Gasteiger partial charge in [0.15, 0.2) is 0 Å². The third-order valence-electron chi connectivity index (χ3n) is 6.56. The van der Waals surface area contributed by atoms with Crippen LogP contribution < -0.4 is 0 Å². The van der Waals surface area contributed by atoms with Gasteiger partial charge in [-0.25, -0.2) is 17.6 Å². The number of benzene rings is 2. The van der Waals surface area contributed by atoms with Crippen molar-refractivity contribution in [2.75, 3.05) is 0 Å². The predicted molar refractivity (Wildman–Crippen MR) is 98.3 cm³/mol. The van der Waals surface area contributed by atoms with Gasteiger partial charge in [0.2, 0.25) is 0 Å². The smallest absolute Gasteiger partial charge is 0.134 e. The molecule has 0 aliphatic heterocycles. The van der Waals surface area contributed by atoms with Crippen molar-refractivity contribution in [2.45, 2.75) is 51.4 Å². The lowest BCUT2D eigenvalue weighted by molar-refractivity contribution is 0.124. The third-order valence-corrected chi connectivity index (χ3v) is 6.56. The van der Waals surface area contributed by atoms with Crippen LogP contribution in [0.4, 0.5) is 17.6 Å². The summed E-state index contributed by atoms with van der Waals surface area (Å²) in [7, 11) is 0. The van der Waals surface area contributed by atoms with Crippen LogP contribution in [0.5, 0.6) is 0 Å². The Labute approximate surface area is 157 Å². The van der Waals surface area contributed by atoms with Crippen LogP contribution in [0.1, 0.15) is 56.9 Å². The van der Waals surface area contributed by atoms with Crippen LogP contribution in [0.2, 0.25) is 0 Å². The van der Waals surface area contributed by atoms with E-state index in [1.54, 1.807) is 0 Å². The van der Waals surface area contributed by atoms with Crippen molar-refractivity contribution in [3.63, 3.8) is 0 Å². The molecule has 2 fully saturated rings. The summed E-state index contributed by atoms with van der Waals surface area (Å²) in [5, 5.41) is 0. The first-order chi connectivity index (χ1) is 12.9. The minimum atomic E-state index is -0.849. The molecule has 0 amide bonds. The van der Waals surface area contributed by atoms with Gasteiger partial charge in [-0.05, 0) is 91.2 Å². The van der Waals surface area contributed by atoms with Crippen LogP contribution in [0.3, 0.4) is 0 Å². The van der Waals surface area contributed by atoms with Gasteiger partial charge in [0, 0.05) is 6.07 Å². The van der Waals surface area contributed by atoms with E-state index in [9.17, 15) is 17.6 Å². The molecule has 27 heavy (non-hydrogen) atoms. The van der Waals surface area contributed by atoms with Crippen LogP contribution in [0, 0.1) is 41.0 Å². The highest BCUT2D eigenvalue weighted by atomic mass is 19.1. The third kappa shape index (κ3) is 3.76. The first-order valence-corrected chi connectivity index (χ1v) is 9.86. The van der Waals surface area contributed by atoms with Gasteiger partial charge < -0.3 is 0 Å². The van der Waals surface area contributed by atoms with Crippen molar-refractivity contribution >= 4 is 0 Å². The molecule has 0 nitrogen and oxygen atoms in total. The molecule has 0 N–H and O–H groups in total. The maximum absolute atomic E-state index is 14.7. The Morgan fingerprint density at radius 3 is 1.96 bits per heavy atom.